The fraction of sp³-hybridized carbons (Fsp3) is 0.0667. The van der Waals surface area contributed by atoms with Crippen LogP contribution in [0.2, 0.25) is 0 Å². The number of nitrogens with one attached hydrogen (secondary N) is 1. The van der Waals surface area contributed by atoms with Crippen LogP contribution in [-0.2, 0) is 10.0 Å². The second-order valence-electron chi connectivity index (χ2n) is 4.61. The fourth-order valence-corrected chi connectivity index (χ4v) is 2.77. The van der Waals surface area contributed by atoms with Crippen LogP contribution in [0.15, 0.2) is 47.4 Å². The van der Waals surface area contributed by atoms with E-state index in [0.29, 0.717) is 0 Å². The van der Waals surface area contributed by atoms with Crippen LogP contribution < -0.4 is 4.72 Å². The summed E-state index contributed by atoms with van der Waals surface area (Å²) in [4.78, 5) is 22.7. The summed E-state index contributed by atoms with van der Waals surface area (Å²) in [5.41, 5.74) is -0.702. The van der Waals surface area contributed by atoms with Crippen molar-refractivity contribution >= 4 is 21.7 Å². The highest BCUT2D eigenvalue weighted by molar-refractivity contribution is 7.90. The van der Waals surface area contributed by atoms with Crippen molar-refractivity contribution in [2.45, 2.75) is 11.8 Å². The summed E-state index contributed by atoms with van der Waals surface area (Å²) in [6, 6.07) is 7.50. The van der Waals surface area contributed by atoms with E-state index in [-0.39, 0.29) is 16.2 Å². The Morgan fingerprint density at radius 2 is 1.48 bits per heavy atom. The van der Waals surface area contributed by atoms with E-state index in [4.69, 9.17) is 0 Å². The molecule has 0 aliphatic heterocycles. The highest BCUT2D eigenvalue weighted by Crippen LogP contribution is 2.15. The molecule has 2 aromatic rings. The maximum absolute atomic E-state index is 13.5. The maximum Gasteiger partial charge on any atom is 0.270 e. The quantitative estimate of drug-likeness (QED) is 0.867. The van der Waals surface area contributed by atoms with Gasteiger partial charge < -0.3 is 0 Å². The summed E-state index contributed by atoms with van der Waals surface area (Å²) >= 11 is 0. The van der Waals surface area contributed by atoms with Crippen molar-refractivity contribution in [1.29, 1.82) is 0 Å². The summed E-state index contributed by atoms with van der Waals surface area (Å²) < 4.78 is 52.7. The van der Waals surface area contributed by atoms with Gasteiger partial charge in [0.1, 0.15) is 17.2 Å². The Kier molecular flexibility index (Phi) is 4.55. The number of hydrogen-bond acceptors (Lipinski definition) is 4. The molecular weight excluding hydrogens is 328 g/mol. The number of carbonyl (C=O) groups excluding carboxylic acids is 2. The van der Waals surface area contributed by atoms with E-state index < -0.39 is 33.1 Å². The van der Waals surface area contributed by atoms with Crippen molar-refractivity contribution in [3.63, 3.8) is 0 Å². The first-order valence-corrected chi connectivity index (χ1v) is 7.83. The van der Waals surface area contributed by atoms with Crippen LogP contribution in [0.3, 0.4) is 0 Å². The molecule has 0 aliphatic rings. The van der Waals surface area contributed by atoms with Gasteiger partial charge in [-0.15, -0.1) is 0 Å². The minimum absolute atomic E-state index is 0.258. The zero-order valence-electron chi connectivity index (χ0n) is 11.8. The normalized spacial score (nSPS) is 11.1. The molecule has 0 saturated heterocycles. The first-order chi connectivity index (χ1) is 10.7. The largest absolute Gasteiger partial charge is 0.295 e. The fourth-order valence-electron chi connectivity index (χ4n) is 1.82. The number of amides is 1. The van der Waals surface area contributed by atoms with E-state index in [1.165, 1.54) is 19.1 Å². The van der Waals surface area contributed by atoms with Crippen molar-refractivity contribution in [1.82, 2.24) is 4.72 Å². The molecule has 0 heterocycles. The predicted molar refractivity (Wildman–Crippen MR) is 77.5 cm³/mol. The third-order valence-electron chi connectivity index (χ3n) is 2.99. The van der Waals surface area contributed by atoms with E-state index in [9.17, 15) is 26.8 Å². The van der Waals surface area contributed by atoms with Gasteiger partial charge in [-0.1, -0.05) is 18.2 Å². The van der Waals surface area contributed by atoms with Gasteiger partial charge in [0, 0.05) is 5.56 Å². The average Bonchev–Trinajstić information content (AvgIpc) is 2.46. The zero-order valence-corrected chi connectivity index (χ0v) is 12.7. The molecule has 2 rings (SSSR count). The van der Waals surface area contributed by atoms with Crippen molar-refractivity contribution in [2.75, 3.05) is 0 Å². The van der Waals surface area contributed by atoms with Gasteiger partial charge in [0.15, 0.2) is 5.78 Å². The SMILES string of the molecule is CC(=O)c1ccc(S(=O)(=O)NC(=O)c2c(F)cccc2F)cc1. The monoisotopic (exact) mass is 339 g/mol. The Balaban J connectivity index is 2.31. The molecule has 0 saturated carbocycles. The molecule has 0 spiro atoms. The molecule has 8 heteroatoms. The second kappa shape index (κ2) is 6.25. The van der Waals surface area contributed by atoms with Crippen molar-refractivity contribution in [3.8, 4) is 0 Å². The summed E-state index contributed by atoms with van der Waals surface area (Å²) in [6.07, 6.45) is 0. The first-order valence-electron chi connectivity index (χ1n) is 6.34. The average molecular weight is 339 g/mol. The number of halogens is 2. The smallest absolute Gasteiger partial charge is 0.270 e. The molecule has 0 aliphatic carbocycles. The Bertz CT molecular complexity index is 857. The summed E-state index contributed by atoms with van der Waals surface area (Å²) in [5.74, 6) is -4.03. The van der Waals surface area contributed by atoms with Crippen LogP contribution >= 0.6 is 0 Å². The standard InChI is InChI=1S/C15H11F2NO4S/c1-9(19)10-5-7-11(8-6-10)23(21,22)18-15(20)14-12(16)3-2-4-13(14)17/h2-8H,1H3,(H,18,20). The minimum Gasteiger partial charge on any atom is -0.295 e. The van der Waals surface area contributed by atoms with Gasteiger partial charge in [0.2, 0.25) is 0 Å². The van der Waals surface area contributed by atoms with Gasteiger partial charge in [-0.2, -0.15) is 0 Å². The molecule has 0 radical (unpaired) electrons. The highest BCUT2D eigenvalue weighted by atomic mass is 32.2. The molecular formula is C15H11F2NO4S. The summed E-state index contributed by atoms with van der Waals surface area (Å²) in [5, 5.41) is 0. The number of rotatable bonds is 4. The van der Waals surface area contributed by atoms with Gasteiger partial charge in [-0.25, -0.2) is 21.9 Å². The van der Waals surface area contributed by atoms with E-state index in [1.807, 2.05) is 0 Å². The molecule has 0 aromatic heterocycles. The summed E-state index contributed by atoms with van der Waals surface area (Å²) in [7, 11) is -4.33. The molecule has 0 atom stereocenters. The van der Waals surface area contributed by atoms with Crippen LogP contribution in [0.4, 0.5) is 8.78 Å². The van der Waals surface area contributed by atoms with Crippen LogP contribution in [0.5, 0.6) is 0 Å². The van der Waals surface area contributed by atoms with Crippen molar-refractivity contribution in [3.05, 3.63) is 65.2 Å². The lowest BCUT2D eigenvalue weighted by molar-refractivity contribution is 0.0971. The number of Topliss-reactive ketones (excluding diaryl/α,β-unsaturated/α-hetero) is 1. The van der Waals surface area contributed by atoms with Crippen LogP contribution in [0, 0.1) is 11.6 Å². The van der Waals surface area contributed by atoms with Gasteiger partial charge in [0.05, 0.1) is 4.90 Å². The van der Waals surface area contributed by atoms with Crippen molar-refractivity contribution < 1.29 is 26.8 Å². The molecule has 5 nitrogen and oxygen atoms in total. The van der Waals surface area contributed by atoms with Crippen LogP contribution in [0.1, 0.15) is 27.6 Å². The van der Waals surface area contributed by atoms with E-state index in [0.717, 1.165) is 30.3 Å². The zero-order chi connectivity index (χ0) is 17.2. The molecule has 0 bridgehead atoms. The van der Waals surface area contributed by atoms with Gasteiger partial charge in [-0.3, -0.25) is 9.59 Å². The number of ketones is 1. The highest BCUT2D eigenvalue weighted by Gasteiger charge is 2.23. The van der Waals surface area contributed by atoms with Crippen molar-refractivity contribution in [2.24, 2.45) is 0 Å². The number of carbonyl (C=O) groups is 2. The predicted octanol–water partition coefficient (Wildman–Crippen LogP) is 2.29. The molecule has 23 heavy (non-hydrogen) atoms. The molecule has 120 valence electrons. The van der Waals surface area contributed by atoms with Gasteiger partial charge in [-0.05, 0) is 31.2 Å². The van der Waals surface area contributed by atoms with E-state index in [1.54, 1.807) is 4.72 Å². The number of hydrogen-bond donors (Lipinski definition) is 1. The maximum atomic E-state index is 13.5. The summed E-state index contributed by atoms with van der Waals surface area (Å²) in [6.45, 7) is 1.31. The van der Waals surface area contributed by atoms with Crippen LogP contribution in [0.25, 0.3) is 0 Å². The Hall–Kier alpha value is -2.61. The van der Waals surface area contributed by atoms with Gasteiger partial charge >= 0.3 is 0 Å². The first kappa shape index (κ1) is 16.8. The second-order valence-corrected chi connectivity index (χ2v) is 6.29. The molecule has 1 N–H and O–H groups in total. The molecule has 0 fully saturated rings. The Morgan fingerprint density at radius 1 is 0.957 bits per heavy atom. The molecule has 2 aromatic carbocycles. The lowest BCUT2D eigenvalue weighted by atomic mass is 10.2. The number of benzene rings is 2. The lowest BCUT2D eigenvalue weighted by Crippen LogP contribution is -2.32. The lowest BCUT2D eigenvalue weighted by Gasteiger charge is -2.08. The van der Waals surface area contributed by atoms with E-state index in [2.05, 4.69) is 0 Å². The van der Waals surface area contributed by atoms with E-state index >= 15 is 0 Å². The topological polar surface area (TPSA) is 80.3 Å². The third-order valence-corrected chi connectivity index (χ3v) is 4.33. The minimum atomic E-state index is -4.33. The van der Waals surface area contributed by atoms with Crippen LogP contribution in [-0.4, -0.2) is 20.1 Å². The number of sulfonamides is 1. The molecule has 1 amide bonds. The van der Waals surface area contributed by atoms with Gasteiger partial charge in [0.25, 0.3) is 15.9 Å². The Morgan fingerprint density at radius 3 is 1.96 bits per heavy atom. The molecule has 0 unspecified atom stereocenters. The Labute approximate surface area is 131 Å². The third kappa shape index (κ3) is 3.59.